The van der Waals surface area contributed by atoms with Crippen LogP contribution in [0.3, 0.4) is 0 Å². The van der Waals surface area contributed by atoms with E-state index in [1.807, 2.05) is 0 Å². The zero-order valence-corrected chi connectivity index (χ0v) is 20.3. The number of nitrogens with one attached hydrogen (secondary N) is 2. The van der Waals surface area contributed by atoms with Gasteiger partial charge in [-0.1, -0.05) is 35.9 Å². The van der Waals surface area contributed by atoms with Crippen LogP contribution in [0.4, 0.5) is 13.2 Å². The Morgan fingerprint density at radius 3 is 2.27 bits per heavy atom. The second-order valence-corrected chi connectivity index (χ2v) is 8.82. The Kier molecular flexibility index (Phi) is 8.56. The Hall–Kier alpha value is -1.35. The molecule has 0 aliphatic carbocycles. The Morgan fingerprint density at radius 2 is 1.77 bits per heavy atom. The van der Waals surface area contributed by atoms with E-state index in [0.29, 0.717) is 30.7 Å². The molecule has 2 rings (SSSR count). The molecule has 0 radical (unpaired) electrons. The van der Waals surface area contributed by atoms with Crippen LogP contribution in [0.15, 0.2) is 45.4 Å². The first-order valence-corrected chi connectivity index (χ1v) is 10.9. The lowest BCUT2D eigenvalue weighted by molar-refractivity contribution is -0.139. The predicted molar refractivity (Wildman–Crippen MR) is 122 cm³/mol. The Morgan fingerprint density at radius 1 is 1.17 bits per heavy atom. The lowest BCUT2D eigenvalue weighted by atomic mass is 9.96. The maximum Gasteiger partial charge on any atom is 0.399 e. The number of hydrogen-bond donors (Lipinski definition) is 2. The number of benzene rings is 2. The number of rotatable bonds is 6. The van der Waals surface area contributed by atoms with Gasteiger partial charge in [0.25, 0.3) is 5.91 Å². The molecule has 0 saturated heterocycles. The van der Waals surface area contributed by atoms with Crippen molar-refractivity contribution in [2.45, 2.75) is 32.1 Å². The van der Waals surface area contributed by atoms with E-state index in [2.05, 4.69) is 42.5 Å². The molecule has 0 aromatic heterocycles. The summed E-state index contributed by atoms with van der Waals surface area (Å²) >= 11 is 12.4. The van der Waals surface area contributed by atoms with Crippen LogP contribution in [0.25, 0.3) is 6.08 Å². The molecule has 1 unspecified atom stereocenters. The fourth-order valence-electron chi connectivity index (χ4n) is 2.76. The average Bonchev–Trinajstić information content (AvgIpc) is 2.64. The van der Waals surface area contributed by atoms with Crippen LogP contribution in [0, 0.1) is 6.92 Å². The molecular weight excluding hydrogens is 548 g/mol. The summed E-state index contributed by atoms with van der Waals surface area (Å²) in [5, 5.41) is 5.99. The Balaban J connectivity index is 2.33. The van der Waals surface area contributed by atoms with Crippen molar-refractivity contribution in [1.82, 2.24) is 10.6 Å². The van der Waals surface area contributed by atoms with Gasteiger partial charge < -0.3 is 10.6 Å². The van der Waals surface area contributed by atoms with Gasteiger partial charge in [0.05, 0.1) is 17.1 Å². The van der Waals surface area contributed by atoms with Crippen LogP contribution in [0.1, 0.15) is 39.9 Å². The molecule has 30 heavy (non-hydrogen) atoms. The van der Waals surface area contributed by atoms with Crippen LogP contribution in [0.2, 0.25) is 5.02 Å². The SMILES string of the molecule is CN[C@@H](C)NC(=O)c1ccc(/C=C/C(c2cc(Br)c(Cl)c(Br)c2)C(F)(F)F)cc1C. The molecule has 0 saturated carbocycles. The number of amides is 1. The van der Waals surface area contributed by atoms with E-state index >= 15 is 0 Å². The first-order valence-electron chi connectivity index (χ1n) is 8.92. The fourth-order valence-corrected chi connectivity index (χ4v) is 4.09. The van der Waals surface area contributed by atoms with Crippen molar-refractivity contribution in [2.24, 2.45) is 0 Å². The van der Waals surface area contributed by atoms with Gasteiger partial charge >= 0.3 is 6.18 Å². The molecule has 1 amide bonds. The molecule has 3 nitrogen and oxygen atoms in total. The smallest absolute Gasteiger partial charge is 0.337 e. The summed E-state index contributed by atoms with van der Waals surface area (Å²) in [6.45, 7) is 3.54. The molecule has 0 aliphatic heterocycles. The summed E-state index contributed by atoms with van der Waals surface area (Å²) in [6, 6.07) is 7.61. The van der Waals surface area contributed by atoms with Crippen molar-refractivity contribution in [1.29, 1.82) is 0 Å². The van der Waals surface area contributed by atoms with Crippen LogP contribution in [0.5, 0.6) is 0 Å². The van der Waals surface area contributed by atoms with E-state index < -0.39 is 12.1 Å². The second kappa shape index (κ2) is 10.3. The van der Waals surface area contributed by atoms with Gasteiger partial charge in [0, 0.05) is 14.5 Å². The average molecular weight is 569 g/mol. The summed E-state index contributed by atoms with van der Waals surface area (Å²) in [5.41, 5.74) is 1.74. The largest absolute Gasteiger partial charge is 0.399 e. The van der Waals surface area contributed by atoms with Crippen molar-refractivity contribution >= 4 is 55.4 Å². The molecule has 0 spiro atoms. The van der Waals surface area contributed by atoms with Gasteiger partial charge in [-0.2, -0.15) is 13.2 Å². The Bertz CT molecular complexity index is 941. The molecule has 2 aromatic carbocycles. The van der Waals surface area contributed by atoms with E-state index in [1.54, 1.807) is 39.1 Å². The highest BCUT2D eigenvalue weighted by atomic mass is 79.9. The summed E-state index contributed by atoms with van der Waals surface area (Å²) in [6.07, 6.45) is -2.19. The molecule has 0 heterocycles. The molecule has 2 aromatic rings. The van der Waals surface area contributed by atoms with Crippen LogP contribution < -0.4 is 10.6 Å². The second-order valence-electron chi connectivity index (χ2n) is 6.74. The minimum atomic E-state index is -4.48. The Labute approximate surface area is 195 Å². The molecule has 162 valence electrons. The minimum absolute atomic E-state index is 0.0515. The molecule has 2 atom stereocenters. The molecule has 0 bridgehead atoms. The fraction of sp³-hybridized carbons (Fsp3) is 0.286. The van der Waals surface area contributed by atoms with E-state index in [-0.39, 0.29) is 17.6 Å². The topological polar surface area (TPSA) is 41.1 Å². The van der Waals surface area contributed by atoms with Gasteiger partial charge in [0.1, 0.15) is 0 Å². The molecule has 9 heteroatoms. The lowest BCUT2D eigenvalue weighted by Crippen LogP contribution is -2.41. The van der Waals surface area contributed by atoms with Crippen LogP contribution in [-0.4, -0.2) is 25.3 Å². The zero-order chi connectivity index (χ0) is 22.6. The van der Waals surface area contributed by atoms with Crippen molar-refractivity contribution in [2.75, 3.05) is 7.05 Å². The lowest BCUT2D eigenvalue weighted by Gasteiger charge is -2.18. The quantitative estimate of drug-likeness (QED) is 0.296. The highest BCUT2D eigenvalue weighted by Gasteiger charge is 2.39. The highest BCUT2D eigenvalue weighted by Crippen LogP contribution is 2.41. The summed E-state index contributed by atoms with van der Waals surface area (Å²) in [7, 11) is 1.72. The monoisotopic (exact) mass is 566 g/mol. The number of halogens is 6. The normalized spacial score (nSPS) is 14.0. The van der Waals surface area contributed by atoms with Gasteiger partial charge in [-0.25, -0.2) is 0 Å². The van der Waals surface area contributed by atoms with Gasteiger partial charge in [-0.3, -0.25) is 4.79 Å². The maximum atomic E-state index is 13.7. The van der Waals surface area contributed by atoms with Crippen molar-refractivity contribution < 1.29 is 18.0 Å². The van der Waals surface area contributed by atoms with Gasteiger partial charge in [0.15, 0.2) is 0 Å². The number of allylic oxidation sites excluding steroid dienone is 1. The van der Waals surface area contributed by atoms with E-state index in [4.69, 9.17) is 11.6 Å². The highest BCUT2D eigenvalue weighted by molar-refractivity contribution is 9.11. The first-order chi connectivity index (χ1) is 13.9. The minimum Gasteiger partial charge on any atom is -0.337 e. The standard InChI is InChI=1S/C21H20Br2ClF3N2O/c1-11-8-13(4-6-15(11)20(30)29-12(2)28-3)5-7-16(21(25,26)27)14-9-17(22)19(24)18(23)10-14/h4-10,12,16,28H,1-3H3,(H,29,30)/b7-5+/t12-,16?/m1/s1. The van der Waals surface area contributed by atoms with E-state index in [1.165, 1.54) is 18.2 Å². The third-order valence-corrected chi connectivity index (χ3v) is 6.59. The molecule has 2 N–H and O–H groups in total. The number of carbonyl (C=O) groups is 1. The summed E-state index contributed by atoms with van der Waals surface area (Å²) in [4.78, 5) is 12.3. The first kappa shape index (κ1) is 24.9. The summed E-state index contributed by atoms with van der Waals surface area (Å²) < 4.78 is 41.9. The third kappa shape index (κ3) is 6.33. The van der Waals surface area contributed by atoms with Crippen LogP contribution in [-0.2, 0) is 0 Å². The van der Waals surface area contributed by atoms with Crippen molar-refractivity contribution in [3.63, 3.8) is 0 Å². The van der Waals surface area contributed by atoms with Gasteiger partial charge in [-0.05, 0) is 87.6 Å². The number of alkyl halides is 3. The maximum absolute atomic E-state index is 13.7. The van der Waals surface area contributed by atoms with Gasteiger partial charge in [0.2, 0.25) is 0 Å². The van der Waals surface area contributed by atoms with Gasteiger partial charge in [-0.15, -0.1) is 0 Å². The zero-order valence-electron chi connectivity index (χ0n) is 16.4. The predicted octanol–water partition coefficient (Wildman–Crippen LogP) is 6.83. The molecule has 0 fully saturated rings. The number of carbonyl (C=O) groups excluding carboxylic acids is 1. The van der Waals surface area contributed by atoms with Crippen LogP contribution >= 0.6 is 43.5 Å². The van der Waals surface area contributed by atoms with E-state index in [0.717, 1.165) is 6.08 Å². The summed E-state index contributed by atoms with van der Waals surface area (Å²) in [5.74, 6) is -2.07. The third-order valence-electron chi connectivity index (χ3n) is 4.47. The molecular formula is C21H20Br2ClF3N2O. The van der Waals surface area contributed by atoms with Crippen molar-refractivity contribution in [3.8, 4) is 0 Å². The molecule has 0 aliphatic rings. The van der Waals surface area contributed by atoms with Crippen molar-refractivity contribution in [3.05, 3.63) is 72.6 Å². The number of hydrogen-bond acceptors (Lipinski definition) is 2. The van der Waals surface area contributed by atoms with E-state index in [9.17, 15) is 18.0 Å². The number of aryl methyl sites for hydroxylation is 1.